The van der Waals surface area contributed by atoms with E-state index >= 15 is 0 Å². The molecule has 1 aromatic rings. The zero-order chi connectivity index (χ0) is 19.2. The topological polar surface area (TPSA) is 96.5 Å². The summed E-state index contributed by atoms with van der Waals surface area (Å²) < 4.78 is 66.4. The molecule has 2 rings (SSSR count). The Bertz CT molecular complexity index is 702. The average molecular weight is 395 g/mol. The third-order valence-corrected chi connectivity index (χ3v) is 5.15. The standard InChI is InChI=1S/C15H20F3N3O4S/c16-15(17,18)25-12-3-5-13(6-4-12)26(23,24)20-9-7-14(22)21-11-2-1-8-19-10-11/h3-6,11,19-20H,1-2,7-10H2,(H,21,22)/t11-/m0/s1. The fraction of sp³-hybridized carbons (Fsp3) is 0.533. The number of nitrogens with one attached hydrogen (secondary N) is 3. The zero-order valence-corrected chi connectivity index (χ0v) is 14.6. The highest BCUT2D eigenvalue weighted by Gasteiger charge is 2.31. The second-order valence-corrected chi connectivity index (χ2v) is 7.54. The van der Waals surface area contributed by atoms with Crippen LogP contribution in [0.3, 0.4) is 0 Å². The maximum absolute atomic E-state index is 12.1. The molecular formula is C15H20F3N3O4S. The van der Waals surface area contributed by atoms with E-state index in [9.17, 15) is 26.4 Å². The van der Waals surface area contributed by atoms with Crippen LogP contribution in [-0.2, 0) is 14.8 Å². The third kappa shape index (κ3) is 6.81. The fourth-order valence-corrected chi connectivity index (χ4v) is 3.51. The van der Waals surface area contributed by atoms with Crippen molar-refractivity contribution in [3.05, 3.63) is 24.3 Å². The minimum absolute atomic E-state index is 0.0361. The lowest BCUT2D eigenvalue weighted by Crippen LogP contribution is -2.46. The number of alkyl halides is 3. The highest BCUT2D eigenvalue weighted by molar-refractivity contribution is 7.89. The Labute approximate surface area is 149 Å². The number of hydrogen-bond donors (Lipinski definition) is 3. The van der Waals surface area contributed by atoms with Gasteiger partial charge < -0.3 is 15.4 Å². The van der Waals surface area contributed by atoms with E-state index in [0.717, 1.165) is 43.7 Å². The molecule has 146 valence electrons. The maximum Gasteiger partial charge on any atom is 0.573 e. The molecule has 0 saturated carbocycles. The summed E-state index contributed by atoms with van der Waals surface area (Å²) in [6, 6.07) is 3.85. The number of hydrogen-bond acceptors (Lipinski definition) is 5. The normalized spacial score (nSPS) is 18.3. The van der Waals surface area contributed by atoms with Crippen LogP contribution in [0, 0.1) is 0 Å². The van der Waals surface area contributed by atoms with Crippen LogP contribution in [0.5, 0.6) is 5.75 Å². The van der Waals surface area contributed by atoms with Crippen LogP contribution in [0.2, 0.25) is 0 Å². The van der Waals surface area contributed by atoms with Crippen molar-refractivity contribution in [2.24, 2.45) is 0 Å². The first-order valence-corrected chi connectivity index (χ1v) is 9.49. The molecule has 0 spiro atoms. The van der Waals surface area contributed by atoms with Gasteiger partial charge in [0, 0.05) is 25.6 Å². The van der Waals surface area contributed by atoms with Crippen molar-refractivity contribution in [3.8, 4) is 5.75 Å². The molecule has 0 aromatic heterocycles. The molecule has 0 aliphatic carbocycles. The molecule has 0 radical (unpaired) electrons. The molecule has 11 heteroatoms. The second-order valence-electron chi connectivity index (χ2n) is 5.78. The zero-order valence-electron chi connectivity index (χ0n) is 13.8. The van der Waals surface area contributed by atoms with E-state index in [1.807, 2.05) is 0 Å². The van der Waals surface area contributed by atoms with Crippen LogP contribution in [0.4, 0.5) is 13.2 Å². The van der Waals surface area contributed by atoms with Crippen LogP contribution in [0.15, 0.2) is 29.2 Å². The Balaban J connectivity index is 1.81. The second kappa shape index (κ2) is 8.69. The van der Waals surface area contributed by atoms with Gasteiger partial charge in [0.15, 0.2) is 0 Å². The molecule has 3 N–H and O–H groups in total. The van der Waals surface area contributed by atoms with E-state index < -0.39 is 22.1 Å². The summed E-state index contributed by atoms with van der Waals surface area (Å²) in [5.41, 5.74) is 0. The monoisotopic (exact) mass is 395 g/mol. The summed E-state index contributed by atoms with van der Waals surface area (Å²) in [6.07, 6.45) is -3.05. The largest absolute Gasteiger partial charge is 0.573 e. The van der Waals surface area contributed by atoms with Crippen molar-refractivity contribution < 1.29 is 31.1 Å². The van der Waals surface area contributed by atoms with Gasteiger partial charge in [0.05, 0.1) is 4.90 Å². The lowest BCUT2D eigenvalue weighted by Gasteiger charge is -2.23. The van der Waals surface area contributed by atoms with Gasteiger partial charge in [-0.05, 0) is 43.7 Å². The fourth-order valence-electron chi connectivity index (χ4n) is 2.48. The number of rotatable bonds is 7. The molecule has 1 atom stereocenters. The summed E-state index contributed by atoms with van der Waals surface area (Å²) in [5, 5.41) is 5.97. The van der Waals surface area contributed by atoms with Crippen LogP contribution in [0.1, 0.15) is 19.3 Å². The Morgan fingerprint density at radius 2 is 1.96 bits per heavy atom. The highest BCUT2D eigenvalue weighted by Crippen LogP contribution is 2.23. The third-order valence-electron chi connectivity index (χ3n) is 3.67. The van der Waals surface area contributed by atoms with Crippen molar-refractivity contribution in [1.82, 2.24) is 15.4 Å². The minimum Gasteiger partial charge on any atom is -0.406 e. The lowest BCUT2D eigenvalue weighted by molar-refractivity contribution is -0.274. The van der Waals surface area contributed by atoms with Gasteiger partial charge in [-0.1, -0.05) is 0 Å². The smallest absolute Gasteiger partial charge is 0.406 e. The molecule has 1 aliphatic heterocycles. The van der Waals surface area contributed by atoms with Gasteiger partial charge in [-0.3, -0.25) is 4.79 Å². The van der Waals surface area contributed by atoms with E-state index in [4.69, 9.17) is 0 Å². The Morgan fingerprint density at radius 3 is 2.54 bits per heavy atom. The summed E-state index contributed by atoms with van der Waals surface area (Å²) in [6.45, 7) is 1.48. The van der Waals surface area contributed by atoms with Gasteiger partial charge >= 0.3 is 6.36 Å². The van der Waals surface area contributed by atoms with Gasteiger partial charge in [-0.15, -0.1) is 13.2 Å². The quantitative estimate of drug-likeness (QED) is 0.643. The number of piperidine rings is 1. The van der Waals surface area contributed by atoms with E-state index in [-0.39, 0.29) is 29.8 Å². The van der Waals surface area contributed by atoms with Crippen molar-refractivity contribution in [1.29, 1.82) is 0 Å². The molecule has 1 saturated heterocycles. The van der Waals surface area contributed by atoms with Crippen molar-refractivity contribution in [2.45, 2.75) is 36.6 Å². The predicted molar refractivity (Wildman–Crippen MR) is 87.0 cm³/mol. The Kier molecular flexibility index (Phi) is 6.84. The SMILES string of the molecule is O=C(CCNS(=O)(=O)c1ccc(OC(F)(F)F)cc1)N[C@H]1CCCNC1. The number of ether oxygens (including phenoxy) is 1. The summed E-state index contributed by atoms with van der Waals surface area (Å²) in [5.74, 6) is -0.785. The number of carbonyl (C=O) groups excluding carboxylic acids is 1. The number of amides is 1. The van der Waals surface area contributed by atoms with Crippen molar-refractivity contribution in [2.75, 3.05) is 19.6 Å². The first-order valence-electron chi connectivity index (χ1n) is 8.01. The molecule has 7 nitrogen and oxygen atoms in total. The van der Waals surface area contributed by atoms with Crippen LogP contribution in [0.25, 0.3) is 0 Å². The van der Waals surface area contributed by atoms with Gasteiger partial charge in [0.2, 0.25) is 15.9 Å². The van der Waals surface area contributed by atoms with E-state index in [2.05, 4.69) is 20.1 Å². The molecule has 1 aromatic carbocycles. The first-order chi connectivity index (χ1) is 12.2. The molecule has 1 amide bonds. The molecule has 0 bridgehead atoms. The molecule has 26 heavy (non-hydrogen) atoms. The highest BCUT2D eigenvalue weighted by atomic mass is 32.2. The number of halogens is 3. The van der Waals surface area contributed by atoms with Gasteiger partial charge in [0.1, 0.15) is 5.75 Å². The molecule has 1 heterocycles. The van der Waals surface area contributed by atoms with Crippen LogP contribution < -0.4 is 20.1 Å². The summed E-state index contributed by atoms with van der Waals surface area (Å²) in [7, 11) is -3.93. The predicted octanol–water partition coefficient (Wildman–Crippen LogP) is 1.12. The molecule has 1 aliphatic rings. The number of sulfonamides is 1. The maximum atomic E-state index is 12.1. The van der Waals surface area contributed by atoms with Crippen LogP contribution >= 0.6 is 0 Å². The van der Waals surface area contributed by atoms with E-state index in [0.29, 0.717) is 6.54 Å². The molecule has 1 fully saturated rings. The van der Waals surface area contributed by atoms with E-state index in [1.54, 1.807) is 0 Å². The first kappa shape index (κ1) is 20.5. The molecular weight excluding hydrogens is 375 g/mol. The van der Waals surface area contributed by atoms with Crippen LogP contribution in [-0.4, -0.2) is 46.4 Å². The number of benzene rings is 1. The average Bonchev–Trinajstić information content (AvgIpc) is 2.54. The Morgan fingerprint density at radius 1 is 1.27 bits per heavy atom. The van der Waals surface area contributed by atoms with Gasteiger partial charge in [-0.25, -0.2) is 13.1 Å². The number of carbonyl (C=O) groups is 1. The van der Waals surface area contributed by atoms with Gasteiger partial charge in [-0.2, -0.15) is 0 Å². The minimum atomic E-state index is -4.85. The lowest BCUT2D eigenvalue weighted by atomic mass is 10.1. The van der Waals surface area contributed by atoms with Crippen molar-refractivity contribution >= 4 is 15.9 Å². The van der Waals surface area contributed by atoms with Gasteiger partial charge in [0.25, 0.3) is 0 Å². The summed E-state index contributed by atoms with van der Waals surface area (Å²) >= 11 is 0. The van der Waals surface area contributed by atoms with Crippen molar-refractivity contribution in [3.63, 3.8) is 0 Å². The molecule has 0 unspecified atom stereocenters. The van der Waals surface area contributed by atoms with E-state index in [1.165, 1.54) is 0 Å². The Hall–Kier alpha value is -1.85. The summed E-state index contributed by atoms with van der Waals surface area (Å²) in [4.78, 5) is 11.6.